The second kappa shape index (κ2) is 16.4. The highest BCUT2D eigenvalue weighted by molar-refractivity contribution is 7.17. The van der Waals surface area contributed by atoms with E-state index < -0.39 is 57.1 Å². The van der Waals surface area contributed by atoms with E-state index in [0.717, 1.165) is 12.8 Å². The molecule has 2 aromatic rings. The maximum absolute atomic E-state index is 13.5. The van der Waals surface area contributed by atoms with Crippen molar-refractivity contribution in [1.82, 2.24) is 10.5 Å². The van der Waals surface area contributed by atoms with Gasteiger partial charge in [-0.05, 0) is 71.4 Å². The van der Waals surface area contributed by atoms with Crippen LogP contribution in [0.15, 0.2) is 36.5 Å². The first-order valence-corrected chi connectivity index (χ1v) is 15.6. The number of nitrogens with one attached hydrogen (secondary N) is 3. The number of hydrogen-bond acceptors (Lipinski definition) is 13. The second-order valence-corrected chi connectivity index (χ2v) is 12.5. The number of nitrogens with zero attached hydrogens (tertiary/aromatic N) is 2. The number of unbranched alkanes of at least 4 members (excludes halogenated alkanes) is 1. The number of urea groups is 1. The van der Waals surface area contributed by atoms with Crippen molar-refractivity contribution in [2.75, 3.05) is 36.2 Å². The molecule has 3 rings (SSSR count). The number of esters is 2. The van der Waals surface area contributed by atoms with E-state index in [1.54, 1.807) is 65.1 Å². The lowest BCUT2D eigenvalue weighted by atomic mass is 9.79. The Morgan fingerprint density at radius 2 is 1.79 bits per heavy atom. The fraction of sp³-hybridized carbons (Fsp3) is 0.484. The molecule has 15 nitrogen and oxygen atoms in total. The lowest BCUT2D eigenvalue weighted by molar-refractivity contribution is -0.169. The van der Waals surface area contributed by atoms with Gasteiger partial charge in [-0.25, -0.2) is 24.7 Å². The predicted molar refractivity (Wildman–Crippen MR) is 173 cm³/mol. The molecule has 0 spiro atoms. The number of anilines is 3. The van der Waals surface area contributed by atoms with Crippen LogP contribution >= 0.6 is 8.69 Å². The molecular formula is C31H42N5O10P. The Labute approximate surface area is 275 Å². The molecule has 16 heteroatoms. The average Bonchev–Trinajstić information content (AvgIpc) is 3.03. The molecule has 0 radical (unpaired) electrons. The summed E-state index contributed by atoms with van der Waals surface area (Å²) >= 11 is 0. The summed E-state index contributed by atoms with van der Waals surface area (Å²) < 4.78 is 31.2. The van der Waals surface area contributed by atoms with Crippen LogP contribution in [0.1, 0.15) is 66.4 Å². The predicted octanol–water partition coefficient (Wildman–Crippen LogP) is 5.94. The zero-order chi connectivity index (χ0) is 34.8. The number of hydroxylamine groups is 1. The molecule has 2 heterocycles. The molecule has 47 heavy (non-hydrogen) atoms. The number of amides is 2. The molecule has 1 aromatic heterocycles. The van der Waals surface area contributed by atoms with E-state index in [1.165, 1.54) is 13.2 Å². The van der Waals surface area contributed by atoms with Gasteiger partial charge in [0.15, 0.2) is 17.3 Å². The van der Waals surface area contributed by atoms with Crippen LogP contribution in [0.3, 0.4) is 0 Å². The van der Waals surface area contributed by atoms with E-state index in [1.807, 2.05) is 11.8 Å². The van der Waals surface area contributed by atoms with Gasteiger partial charge >= 0.3 is 26.7 Å². The standard InChI is InChI=1S/C31H42N5O10P/c1-8-9-10-24(31(5,6)28(39)44-18-46-47-41)36-21(19-11-13-22(37)23(15-19)42-7)16-32-20-12-14-25(33-26(20)36)34-29(40)35-45-17-43-27(38)30(2,3)4/h11-16,24,32,37H,8-10,17-18H2,1-7H3,(H2,33,34,35,40). The lowest BCUT2D eigenvalue weighted by Gasteiger charge is -2.44. The Morgan fingerprint density at radius 3 is 2.45 bits per heavy atom. The molecule has 4 N–H and O–H groups in total. The minimum absolute atomic E-state index is 0.0531. The lowest BCUT2D eigenvalue weighted by Crippen LogP contribution is -2.50. The zero-order valence-electron chi connectivity index (χ0n) is 27.5. The van der Waals surface area contributed by atoms with Gasteiger partial charge in [0.1, 0.15) is 5.82 Å². The minimum atomic E-state index is -1.17. The van der Waals surface area contributed by atoms with E-state index >= 15 is 0 Å². The first-order chi connectivity index (χ1) is 22.2. The molecule has 0 saturated carbocycles. The van der Waals surface area contributed by atoms with Gasteiger partial charge in [-0.3, -0.25) is 19.4 Å². The fourth-order valence-electron chi connectivity index (χ4n) is 4.69. The van der Waals surface area contributed by atoms with E-state index in [2.05, 4.69) is 16.1 Å². The Kier molecular flexibility index (Phi) is 12.9. The number of hydrogen-bond donors (Lipinski definition) is 4. The number of methoxy groups -OCH3 is 1. The normalized spacial score (nSPS) is 13.5. The van der Waals surface area contributed by atoms with E-state index in [-0.39, 0.29) is 17.3 Å². The summed E-state index contributed by atoms with van der Waals surface area (Å²) in [6.45, 7) is 9.58. The van der Waals surface area contributed by atoms with Crippen molar-refractivity contribution >= 4 is 49.7 Å². The summed E-state index contributed by atoms with van der Waals surface area (Å²) in [7, 11) is 0.819. The van der Waals surface area contributed by atoms with Crippen molar-refractivity contribution in [3.63, 3.8) is 0 Å². The topological polar surface area (TPSA) is 187 Å². The smallest absolute Gasteiger partial charge is 0.344 e. The molecule has 1 aliphatic heterocycles. The maximum atomic E-state index is 13.5. The number of aromatic hydroxyl groups is 1. The summed E-state index contributed by atoms with van der Waals surface area (Å²) in [6, 6.07) is 6.80. The van der Waals surface area contributed by atoms with Crippen LogP contribution in [0, 0.1) is 10.8 Å². The van der Waals surface area contributed by atoms with Crippen LogP contribution in [0.4, 0.5) is 22.1 Å². The number of carbonyl (C=O) groups excluding carboxylic acids is 3. The summed E-state index contributed by atoms with van der Waals surface area (Å²) in [6.07, 6.45) is 3.83. The van der Waals surface area contributed by atoms with Crippen molar-refractivity contribution in [2.24, 2.45) is 10.8 Å². The Bertz CT molecular complexity index is 1480. The quantitative estimate of drug-likeness (QED) is 0.0572. The van der Waals surface area contributed by atoms with Crippen molar-refractivity contribution in [3.05, 3.63) is 42.1 Å². The molecule has 0 saturated heterocycles. The van der Waals surface area contributed by atoms with Gasteiger partial charge in [0.05, 0.1) is 35.4 Å². The number of benzene rings is 1. The third-order valence-corrected chi connectivity index (χ3v) is 7.48. The molecule has 2 amide bonds. The van der Waals surface area contributed by atoms with Crippen LogP contribution < -0.4 is 25.8 Å². The maximum Gasteiger partial charge on any atom is 0.344 e. The number of rotatable bonds is 15. The van der Waals surface area contributed by atoms with Crippen LogP contribution in [0.25, 0.3) is 5.70 Å². The summed E-state index contributed by atoms with van der Waals surface area (Å²) in [4.78, 5) is 49.6. The van der Waals surface area contributed by atoms with Crippen molar-refractivity contribution in [3.8, 4) is 11.5 Å². The second-order valence-electron chi connectivity index (χ2n) is 12.1. The number of carbonyl (C=O) groups is 3. The van der Waals surface area contributed by atoms with Gasteiger partial charge in [0.25, 0.3) is 0 Å². The summed E-state index contributed by atoms with van der Waals surface area (Å²) in [5.41, 5.74) is 2.05. The van der Waals surface area contributed by atoms with Crippen LogP contribution in [0.2, 0.25) is 0 Å². The average molecular weight is 676 g/mol. The van der Waals surface area contributed by atoms with Gasteiger partial charge in [0, 0.05) is 11.8 Å². The number of ether oxygens (including phenoxy) is 3. The molecule has 0 bridgehead atoms. The highest BCUT2D eigenvalue weighted by Gasteiger charge is 2.45. The van der Waals surface area contributed by atoms with E-state index in [0.29, 0.717) is 29.2 Å². The first kappa shape index (κ1) is 37.0. The number of phenols is 1. The van der Waals surface area contributed by atoms with E-state index in [4.69, 9.17) is 28.6 Å². The molecule has 1 aliphatic rings. The number of phenolic OH excluding ortho intramolecular Hbond substituents is 1. The van der Waals surface area contributed by atoms with Gasteiger partial charge in [-0.15, -0.1) is 0 Å². The Morgan fingerprint density at radius 1 is 1.06 bits per heavy atom. The van der Waals surface area contributed by atoms with Crippen LogP contribution in [-0.2, 0) is 33.0 Å². The largest absolute Gasteiger partial charge is 0.504 e. The summed E-state index contributed by atoms with van der Waals surface area (Å²) in [5.74, 6) is -0.388. The molecule has 1 atom stereocenters. The molecule has 0 fully saturated rings. The van der Waals surface area contributed by atoms with Crippen molar-refractivity contribution < 1.29 is 47.6 Å². The third kappa shape index (κ3) is 9.53. The Balaban J connectivity index is 2.01. The monoisotopic (exact) mass is 675 g/mol. The van der Waals surface area contributed by atoms with Crippen molar-refractivity contribution in [2.45, 2.75) is 66.8 Å². The first-order valence-electron chi connectivity index (χ1n) is 14.9. The number of pyridine rings is 1. The SMILES string of the molecule is CCCCC(N1C(c2ccc(O)c(OC)c2)=CNc2ccc(NC(=O)NOCOC(=O)C(C)(C)C)nc21)C(C)(C)C(=O)OCOP=O. The highest BCUT2D eigenvalue weighted by atomic mass is 31.1. The van der Waals surface area contributed by atoms with Crippen LogP contribution in [0.5, 0.6) is 11.5 Å². The van der Waals surface area contributed by atoms with Gasteiger partial charge in [-0.1, -0.05) is 19.8 Å². The zero-order valence-corrected chi connectivity index (χ0v) is 28.4. The highest BCUT2D eigenvalue weighted by Crippen LogP contribution is 2.44. The van der Waals surface area contributed by atoms with Crippen LogP contribution in [-0.4, -0.2) is 54.8 Å². The minimum Gasteiger partial charge on any atom is -0.504 e. The van der Waals surface area contributed by atoms with E-state index in [9.17, 15) is 24.1 Å². The number of aromatic nitrogens is 1. The molecule has 0 aliphatic carbocycles. The summed E-state index contributed by atoms with van der Waals surface area (Å²) in [5, 5.41) is 16.1. The number of fused-ring (bicyclic) bond motifs is 1. The van der Waals surface area contributed by atoms with Gasteiger partial charge < -0.3 is 29.5 Å². The molecule has 1 aromatic carbocycles. The molecule has 256 valence electrons. The fourth-order valence-corrected chi connectivity index (χ4v) is 4.78. The molecule has 1 unspecified atom stereocenters. The third-order valence-electron chi connectivity index (χ3n) is 7.27. The van der Waals surface area contributed by atoms with Gasteiger partial charge in [-0.2, -0.15) is 0 Å². The molecular weight excluding hydrogens is 633 g/mol. The van der Waals surface area contributed by atoms with Gasteiger partial charge in [0.2, 0.25) is 13.6 Å². The van der Waals surface area contributed by atoms with Crippen molar-refractivity contribution in [1.29, 1.82) is 0 Å². The Hall–Kier alpha value is -4.46.